The standard InChI is InChI=1S/C10H11BrO4/c1-15-10-6(3-2-4-7(10)11)8(12)5-9(13)14/h2-4,8,12H,5H2,1H3,(H,13,14)/t8-/m0/s1. The SMILES string of the molecule is COc1c(Br)cccc1[C@@H](O)CC(=O)O. The molecule has 2 N–H and O–H groups in total. The van der Waals surface area contributed by atoms with Gasteiger partial charge in [-0.25, -0.2) is 0 Å². The van der Waals surface area contributed by atoms with Crippen LogP contribution in [0.1, 0.15) is 18.1 Å². The first-order valence-corrected chi connectivity index (χ1v) is 5.07. The smallest absolute Gasteiger partial charge is 0.306 e. The Balaban J connectivity index is 3.02. The molecule has 1 aromatic rings. The highest BCUT2D eigenvalue weighted by Gasteiger charge is 2.17. The summed E-state index contributed by atoms with van der Waals surface area (Å²) in [5, 5.41) is 18.2. The molecule has 4 nitrogen and oxygen atoms in total. The van der Waals surface area contributed by atoms with E-state index in [0.717, 1.165) is 0 Å². The molecule has 0 saturated heterocycles. The molecule has 15 heavy (non-hydrogen) atoms. The van der Waals surface area contributed by atoms with Crippen LogP contribution in [0.3, 0.4) is 0 Å². The monoisotopic (exact) mass is 274 g/mol. The van der Waals surface area contributed by atoms with Gasteiger partial charge in [-0.1, -0.05) is 12.1 Å². The highest BCUT2D eigenvalue weighted by Crippen LogP contribution is 2.33. The van der Waals surface area contributed by atoms with E-state index < -0.39 is 12.1 Å². The Kier molecular flexibility index (Phi) is 4.11. The third kappa shape index (κ3) is 2.94. The van der Waals surface area contributed by atoms with Gasteiger partial charge in [-0.15, -0.1) is 0 Å². The molecule has 0 fully saturated rings. The molecular weight excluding hydrogens is 264 g/mol. The lowest BCUT2D eigenvalue weighted by atomic mass is 10.1. The van der Waals surface area contributed by atoms with Gasteiger partial charge in [-0.2, -0.15) is 0 Å². The number of hydrogen-bond donors (Lipinski definition) is 2. The molecule has 1 rings (SSSR count). The molecule has 0 saturated carbocycles. The van der Waals surface area contributed by atoms with Crippen molar-refractivity contribution in [3.63, 3.8) is 0 Å². The summed E-state index contributed by atoms with van der Waals surface area (Å²) >= 11 is 3.26. The van der Waals surface area contributed by atoms with Crippen LogP contribution in [0.2, 0.25) is 0 Å². The zero-order valence-corrected chi connectivity index (χ0v) is 9.69. The summed E-state index contributed by atoms with van der Waals surface area (Å²) < 4.78 is 5.77. The molecule has 0 spiro atoms. The Morgan fingerprint density at radius 2 is 2.27 bits per heavy atom. The van der Waals surface area contributed by atoms with Gasteiger partial charge in [-0.05, 0) is 22.0 Å². The van der Waals surface area contributed by atoms with Crippen LogP contribution in [0, 0.1) is 0 Å². The molecule has 0 radical (unpaired) electrons. The van der Waals surface area contributed by atoms with Gasteiger partial charge in [-0.3, -0.25) is 4.79 Å². The van der Waals surface area contributed by atoms with Crippen LogP contribution in [-0.4, -0.2) is 23.3 Å². The number of aliphatic carboxylic acids is 1. The topological polar surface area (TPSA) is 66.8 Å². The number of aliphatic hydroxyl groups is 1. The number of rotatable bonds is 4. The van der Waals surface area contributed by atoms with Gasteiger partial charge in [0.05, 0.1) is 24.1 Å². The predicted molar refractivity (Wildman–Crippen MR) is 57.9 cm³/mol. The lowest BCUT2D eigenvalue weighted by Gasteiger charge is -2.14. The minimum atomic E-state index is -1.06. The van der Waals surface area contributed by atoms with Crippen molar-refractivity contribution in [3.05, 3.63) is 28.2 Å². The second-order valence-corrected chi connectivity index (χ2v) is 3.83. The summed E-state index contributed by atoms with van der Waals surface area (Å²) in [6, 6.07) is 5.11. The fraction of sp³-hybridized carbons (Fsp3) is 0.300. The average Bonchev–Trinajstić information content (AvgIpc) is 2.16. The molecule has 0 aliphatic rings. The van der Waals surface area contributed by atoms with Crippen molar-refractivity contribution in [2.24, 2.45) is 0 Å². The zero-order valence-electron chi connectivity index (χ0n) is 8.11. The molecule has 0 aliphatic heterocycles. The lowest BCUT2D eigenvalue weighted by Crippen LogP contribution is -2.07. The van der Waals surface area contributed by atoms with Gasteiger partial charge in [0.15, 0.2) is 0 Å². The molecule has 0 heterocycles. The number of halogens is 1. The van der Waals surface area contributed by atoms with E-state index in [0.29, 0.717) is 15.8 Å². The maximum atomic E-state index is 10.5. The number of carboxylic acid groups (broad SMARTS) is 1. The number of para-hydroxylation sites is 1. The van der Waals surface area contributed by atoms with Crippen molar-refractivity contribution < 1.29 is 19.7 Å². The summed E-state index contributed by atoms with van der Waals surface area (Å²) in [6.45, 7) is 0. The van der Waals surface area contributed by atoms with Gasteiger partial charge >= 0.3 is 5.97 Å². The normalized spacial score (nSPS) is 12.2. The quantitative estimate of drug-likeness (QED) is 0.881. The molecule has 0 amide bonds. The van der Waals surface area contributed by atoms with Crippen molar-refractivity contribution in [1.29, 1.82) is 0 Å². The van der Waals surface area contributed by atoms with Crippen LogP contribution < -0.4 is 4.74 Å². The number of carbonyl (C=O) groups is 1. The van der Waals surface area contributed by atoms with Crippen LogP contribution in [0.5, 0.6) is 5.75 Å². The van der Waals surface area contributed by atoms with E-state index in [2.05, 4.69) is 15.9 Å². The van der Waals surface area contributed by atoms with Gasteiger partial charge < -0.3 is 14.9 Å². The van der Waals surface area contributed by atoms with E-state index >= 15 is 0 Å². The largest absolute Gasteiger partial charge is 0.495 e. The highest BCUT2D eigenvalue weighted by molar-refractivity contribution is 9.10. The number of carboxylic acids is 1. The minimum absolute atomic E-state index is 0.340. The second kappa shape index (κ2) is 5.14. The summed E-state index contributed by atoms with van der Waals surface area (Å²) in [5.41, 5.74) is 0.467. The average molecular weight is 275 g/mol. The number of methoxy groups -OCH3 is 1. The number of ether oxygens (including phenoxy) is 1. The fourth-order valence-electron chi connectivity index (χ4n) is 1.28. The van der Waals surface area contributed by atoms with Crippen LogP contribution in [-0.2, 0) is 4.79 Å². The van der Waals surface area contributed by atoms with Crippen molar-refractivity contribution in [2.45, 2.75) is 12.5 Å². The van der Waals surface area contributed by atoms with Crippen LogP contribution >= 0.6 is 15.9 Å². The van der Waals surface area contributed by atoms with Gasteiger partial charge in [0.25, 0.3) is 0 Å². The van der Waals surface area contributed by atoms with Crippen LogP contribution in [0.4, 0.5) is 0 Å². The highest BCUT2D eigenvalue weighted by atomic mass is 79.9. The van der Waals surface area contributed by atoms with E-state index in [1.54, 1.807) is 18.2 Å². The van der Waals surface area contributed by atoms with Crippen molar-refractivity contribution in [1.82, 2.24) is 0 Å². The Labute approximate surface area is 95.6 Å². The van der Waals surface area contributed by atoms with Gasteiger partial charge in [0.2, 0.25) is 0 Å². The first kappa shape index (κ1) is 12.0. The summed E-state index contributed by atoms with van der Waals surface area (Å²) in [4.78, 5) is 10.5. The summed E-state index contributed by atoms with van der Waals surface area (Å²) in [6.07, 6.45) is -1.40. The molecule has 82 valence electrons. The first-order valence-electron chi connectivity index (χ1n) is 4.28. The molecule has 0 unspecified atom stereocenters. The second-order valence-electron chi connectivity index (χ2n) is 2.98. The van der Waals surface area contributed by atoms with Crippen molar-refractivity contribution in [2.75, 3.05) is 7.11 Å². The van der Waals surface area contributed by atoms with E-state index in [9.17, 15) is 9.90 Å². The molecule has 0 aliphatic carbocycles. The van der Waals surface area contributed by atoms with E-state index in [1.807, 2.05) is 0 Å². The lowest BCUT2D eigenvalue weighted by molar-refractivity contribution is -0.139. The minimum Gasteiger partial charge on any atom is -0.495 e. The molecule has 0 bridgehead atoms. The zero-order chi connectivity index (χ0) is 11.4. The van der Waals surface area contributed by atoms with Gasteiger partial charge in [0, 0.05) is 5.56 Å². The first-order chi connectivity index (χ1) is 7.06. The Hall–Kier alpha value is -1.07. The van der Waals surface area contributed by atoms with Crippen molar-refractivity contribution >= 4 is 21.9 Å². The maximum Gasteiger partial charge on any atom is 0.306 e. The van der Waals surface area contributed by atoms with Crippen LogP contribution in [0.15, 0.2) is 22.7 Å². The van der Waals surface area contributed by atoms with Crippen molar-refractivity contribution in [3.8, 4) is 5.75 Å². The number of hydrogen-bond acceptors (Lipinski definition) is 3. The van der Waals surface area contributed by atoms with Gasteiger partial charge in [0.1, 0.15) is 5.75 Å². The Bertz CT molecular complexity index is 364. The summed E-state index contributed by atoms with van der Waals surface area (Å²) in [7, 11) is 1.47. The third-order valence-corrected chi connectivity index (χ3v) is 2.55. The molecule has 5 heteroatoms. The Morgan fingerprint density at radius 3 is 2.80 bits per heavy atom. The van der Waals surface area contributed by atoms with E-state index in [1.165, 1.54) is 7.11 Å². The molecular formula is C10H11BrO4. The van der Waals surface area contributed by atoms with E-state index in [4.69, 9.17) is 9.84 Å². The third-order valence-electron chi connectivity index (χ3n) is 1.93. The van der Waals surface area contributed by atoms with Crippen LogP contribution in [0.25, 0.3) is 0 Å². The predicted octanol–water partition coefficient (Wildman–Crippen LogP) is 1.97. The van der Waals surface area contributed by atoms with E-state index in [-0.39, 0.29) is 6.42 Å². The molecule has 0 aromatic heterocycles. The number of aliphatic hydroxyl groups excluding tert-OH is 1. The Morgan fingerprint density at radius 1 is 1.60 bits per heavy atom. The maximum absolute atomic E-state index is 10.5. The molecule has 1 atom stereocenters. The fourth-order valence-corrected chi connectivity index (χ4v) is 1.82. The summed E-state index contributed by atoms with van der Waals surface area (Å²) in [5.74, 6) is -0.587. The molecule has 1 aromatic carbocycles. The number of benzene rings is 1.